The maximum atomic E-state index is 13.8. The molecule has 0 spiro atoms. The molecule has 0 fully saturated rings. The third-order valence-electron chi connectivity index (χ3n) is 21.4. The lowest BCUT2D eigenvalue weighted by molar-refractivity contribution is -0.0505. The number of pyridine rings is 4. The number of hydrogen-bond acceptors (Lipinski definition) is 27. The van der Waals surface area contributed by atoms with Crippen molar-refractivity contribution in [1.29, 1.82) is 0 Å². The number of alkyl halides is 16. The summed E-state index contributed by atoms with van der Waals surface area (Å²) in [6.07, 6.45) is -7.16. The van der Waals surface area contributed by atoms with Gasteiger partial charge in [-0.05, 0) is 167 Å². The fraction of sp³-hybridized carbons (Fsp3) is 0.196. The van der Waals surface area contributed by atoms with Crippen LogP contribution in [0.4, 0.5) is 75.9 Å². The van der Waals surface area contributed by atoms with Gasteiger partial charge in [0.1, 0.15) is 105 Å². The standard InChI is InChI=1S/C25H20F4N4O4.C24H15F4N5O3.C24H17F4N3O5.C24H17F4N3O4/c1-32-10-11-35-19-8-4-15(12-18(19)32)33-24(34)22(14-2-5-16(6-3-14)37-25(28)29)23-17(31-33)7-9-21(30-23)36-13-20(26)27;25-19(26)11-35-20-8-7-18-22(31-20)21(13-1-4-16(5-2-13)36-24(27)28)23(34)33(32-18)15-3-6-17-14(9-15)10-29-12-30-17;25-19(26)12-35-20-8-6-16-22(29-20)21(13-1-4-15(5-2-13)36-24(27)28)23(32)31(30-16)14-3-7-17-18(11-14)34-10-9-33-17;25-19(26)12-34-20-8-6-17-22(29-20)21(13-1-4-16(5-2-13)35-24(27)28)23(32)31(30-17)15-3-7-18-14(11-15)9-10-33-18/h2-9,12,20,25H,10-11,13H2,1H3;1-10,12,19,24H,11H2;1-8,11,19,24H,9-10,12H2;1-8,11,19,24H,9-10,12H2. The van der Waals surface area contributed by atoms with Crippen LogP contribution in [0.5, 0.6) is 69.5 Å². The second-order valence-corrected chi connectivity index (χ2v) is 30.8. The fourth-order valence-corrected chi connectivity index (χ4v) is 15.1. The molecule has 8 aromatic carbocycles. The SMILES string of the molecule is CN1CCOc2ccc(-n3nc4ccc(OCC(F)F)nc4c(-c4ccc(OC(F)F)cc4)c3=O)cc21.O=c1c(-c2ccc(OC(F)F)cc2)c2nc(OCC(F)F)ccc2nn1-c1ccc2c(c1)CCO2.O=c1c(-c2ccc(OC(F)F)cc2)c2nc(OCC(F)F)ccc2nn1-c1ccc2c(c1)OCCO2.O=c1c(-c2ccc(OC(F)F)cc2)c2nc(OCC(F)F)ccc2nn1-c1ccc2ncncc2c1. The summed E-state index contributed by atoms with van der Waals surface area (Å²) in [7, 11) is 1.90. The van der Waals surface area contributed by atoms with Crippen molar-refractivity contribution in [3.8, 4) is 137 Å². The predicted octanol–water partition coefficient (Wildman–Crippen LogP) is 18.2. The van der Waals surface area contributed by atoms with Crippen LogP contribution in [0.15, 0.2) is 250 Å². The highest BCUT2D eigenvalue weighted by Gasteiger charge is 2.28. The fourth-order valence-electron chi connectivity index (χ4n) is 15.1. The molecule has 20 rings (SSSR count). The van der Waals surface area contributed by atoms with E-state index in [1.807, 2.05) is 11.9 Å². The zero-order chi connectivity index (χ0) is 101. The van der Waals surface area contributed by atoms with Crippen LogP contribution in [0.25, 0.3) is 122 Å². The predicted molar refractivity (Wildman–Crippen MR) is 487 cm³/mol. The molecule has 0 amide bonds. The van der Waals surface area contributed by atoms with Crippen molar-refractivity contribution in [1.82, 2.24) is 69.0 Å². The molecule has 17 aromatic rings. The second kappa shape index (κ2) is 43.5. The van der Waals surface area contributed by atoms with Crippen LogP contribution in [-0.4, -0.2) is 188 Å². The quantitative estimate of drug-likeness (QED) is 0.0411. The summed E-state index contributed by atoms with van der Waals surface area (Å²) in [5, 5.41) is 18.3. The first-order valence-corrected chi connectivity index (χ1v) is 42.9. The number of benzene rings is 8. The van der Waals surface area contributed by atoms with Gasteiger partial charge in [0, 0.05) is 55.4 Å². The zero-order valence-electron chi connectivity index (χ0n) is 73.9. The van der Waals surface area contributed by atoms with Gasteiger partial charge in [0.15, 0.2) is 37.9 Å². The molecule has 144 heavy (non-hydrogen) atoms. The smallest absolute Gasteiger partial charge is 0.387 e. The van der Waals surface area contributed by atoms with Gasteiger partial charge in [0.2, 0.25) is 23.5 Å². The summed E-state index contributed by atoms with van der Waals surface area (Å²) in [6.45, 7) is -13.0. The molecule has 0 saturated heterocycles. The van der Waals surface area contributed by atoms with Crippen molar-refractivity contribution in [3.63, 3.8) is 0 Å². The molecular weight excluding hydrogens is 1940 g/mol. The number of likely N-dealkylation sites (N-methyl/N-ethyl adjacent to an activating group) is 1. The van der Waals surface area contributed by atoms with Crippen LogP contribution >= 0.6 is 0 Å². The first-order valence-electron chi connectivity index (χ1n) is 42.9. The molecule has 3 aliphatic heterocycles. The van der Waals surface area contributed by atoms with Gasteiger partial charge in [-0.3, -0.25) is 19.2 Å². The van der Waals surface area contributed by atoms with E-state index < -0.39 is 101 Å². The molecule has 3 aliphatic rings. The van der Waals surface area contributed by atoms with Crippen LogP contribution in [-0.2, 0) is 6.42 Å². The first-order chi connectivity index (χ1) is 69.5. The van der Waals surface area contributed by atoms with Gasteiger partial charge in [-0.25, -0.2) is 65.0 Å². The largest absolute Gasteiger partial charge is 0.493 e. The van der Waals surface area contributed by atoms with Crippen LogP contribution in [0.2, 0.25) is 0 Å². The van der Waals surface area contributed by atoms with Crippen molar-refractivity contribution < 1.29 is 127 Å². The van der Waals surface area contributed by atoms with Gasteiger partial charge in [-0.15, -0.1) is 0 Å². The highest BCUT2D eigenvalue weighted by Crippen LogP contribution is 2.39. The minimum Gasteiger partial charge on any atom is -0.493 e. The minimum absolute atomic E-state index is 0.0565. The van der Waals surface area contributed by atoms with Gasteiger partial charge >= 0.3 is 26.4 Å². The Hall–Kier alpha value is -17.5. The van der Waals surface area contributed by atoms with Crippen molar-refractivity contribution in [3.05, 3.63) is 278 Å². The lowest BCUT2D eigenvalue weighted by Crippen LogP contribution is -2.29. The Labute approximate surface area is 798 Å². The zero-order valence-corrected chi connectivity index (χ0v) is 73.9. The van der Waals surface area contributed by atoms with Gasteiger partial charge in [0.25, 0.3) is 47.9 Å². The normalized spacial score (nSPS) is 12.5. The van der Waals surface area contributed by atoms with Gasteiger partial charge in [0.05, 0.1) is 69.4 Å². The molecule has 12 heterocycles. The van der Waals surface area contributed by atoms with E-state index in [1.54, 1.807) is 79.0 Å². The van der Waals surface area contributed by atoms with Gasteiger partial charge in [-0.1, -0.05) is 48.5 Å². The Balaban J connectivity index is 0.000000132. The molecule has 0 N–H and O–H groups in total. The molecule has 0 bridgehead atoms. The third-order valence-corrected chi connectivity index (χ3v) is 21.4. The van der Waals surface area contributed by atoms with E-state index in [-0.39, 0.29) is 107 Å². The summed E-state index contributed by atoms with van der Waals surface area (Å²) in [5.74, 6) is 1.52. The molecule has 0 saturated carbocycles. The van der Waals surface area contributed by atoms with Crippen molar-refractivity contribution in [2.45, 2.75) is 58.6 Å². The number of hydrogen-bond donors (Lipinski definition) is 0. The molecular formula is C97H69F16N15O16. The number of halogens is 16. The van der Waals surface area contributed by atoms with Crippen LogP contribution < -0.4 is 84.0 Å². The molecule has 47 heteroatoms. The van der Waals surface area contributed by atoms with E-state index in [0.29, 0.717) is 118 Å². The van der Waals surface area contributed by atoms with Crippen molar-refractivity contribution in [2.24, 2.45) is 0 Å². The Bertz CT molecular complexity index is 7830. The van der Waals surface area contributed by atoms with E-state index in [0.717, 1.165) is 26.4 Å². The maximum absolute atomic E-state index is 13.8. The number of aromatic nitrogens is 14. The van der Waals surface area contributed by atoms with Crippen LogP contribution in [0.3, 0.4) is 0 Å². The van der Waals surface area contributed by atoms with Crippen LogP contribution in [0.1, 0.15) is 5.56 Å². The molecule has 0 aliphatic carbocycles. The number of nitrogens with zero attached hydrogens (tertiary/aromatic N) is 15. The number of fused-ring (bicyclic) bond motifs is 8. The monoisotopic (exact) mass is 2000 g/mol. The van der Waals surface area contributed by atoms with E-state index in [4.69, 9.17) is 37.9 Å². The van der Waals surface area contributed by atoms with Gasteiger partial charge < -0.3 is 61.7 Å². The molecule has 0 atom stereocenters. The highest BCUT2D eigenvalue weighted by atomic mass is 19.3. The van der Waals surface area contributed by atoms with Crippen molar-refractivity contribution >= 4 is 60.7 Å². The van der Waals surface area contributed by atoms with E-state index >= 15 is 0 Å². The lowest BCUT2D eigenvalue weighted by Gasteiger charge is -2.28. The summed E-state index contributed by atoms with van der Waals surface area (Å²) in [5.41, 5.74) is 4.99. The van der Waals surface area contributed by atoms with E-state index in [1.165, 1.54) is 161 Å². The molecule has 31 nitrogen and oxygen atoms in total. The average molecular weight is 2000 g/mol. The summed E-state index contributed by atoms with van der Waals surface area (Å²) >= 11 is 0. The Kier molecular flexibility index (Phi) is 29.7. The maximum Gasteiger partial charge on any atom is 0.387 e. The molecule has 740 valence electrons. The first kappa shape index (κ1) is 98.2. The highest BCUT2D eigenvalue weighted by molar-refractivity contribution is 5.95. The summed E-state index contributed by atoms with van der Waals surface area (Å²) in [6, 6.07) is 53.5. The molecule has 0 unspecified atom stereocenters. The molecule has 0 radical (unpaired) electrons. The second-order valence-electron chi connectivity index (χ2n) is 30.8. The van der Waals surface area contributed by atoms with Crippen molar-refractivity contribution in [2.75, 3.05) is 71.3 Å². The van der Waals surface area contributed by atoms with E-state index in [2.05, 4.69) is 69.2 Å². The minimum atomic E-state index is -3.01. The summed E-state index contributed by atoms with van der Waals surface area (Å²) < 4.78 is 266. The number of ether oxygens (including phenoxy) is 12. The summed E-state index contributed by atoms with van der Waals surface area (Å²) in [4.78, 5) is 81.9. The Morgan fingerprint density at radius 2 is 0.632 bits per heavy atom. The third kappa shape index (κ3) is 22.8. The van der Waals surface area contributed by atoms with Gasteiger partial charge in [-0.2, -0.15) is 74.2 Å². The van der Waals surface area contributed by atoms with Crippen LogP contribution in [0, 0.1) is 0 Å². The number of anilines is 1. The average Bonchev–Trinajstić information content (AvgIpc) is 0.987. The topological polar surface area (TPSA) is 331 Å². The number of rotatable bonds is 28. The Morgan fingerprint density at radius 1 is 0.319 bits per heavy atom. The molecule has 9 aromatic heterocycles. The van der Waals surface area contributed by atoms with E-state index in [9.17, 15) is 89.4 Å². The lowest BCUT2D eigenvalue weighted by atomic mass is 10.1. The Morgan fingerprint density at radius 3 is 1.00 bits per heavy atom.